The van der Waals surface area contributed by atoms with Gasteiger partial charge in [-0.2, -0.15) is 0 Å². The van der Waals surface area contributed by atoms with Gasteiger partial charge in [-0.15, -0.1) is 0 Å². The zero-order valence-electron chi connectivity index (χ0n) is 16.9. The molecule has 3 aromatic rings. The zero-order chi connectivity index (χ0) is 20.1. The SMILES string of the molecule is Cc1onc(-c2ccccc2)c1C(=O)NCc1ccccc1C[NH+]1CCCCC1. The van der Waals surface area contributed by atoms with Gasteiger partial charge in [-0.3, -0.25) is 4.79 Å². The maximum absolute atomic E-state index is 13.0. The average Bonchev–Trinajstić information content (AvgIpc) is 3.16. The molecule has 5 nitrogen and oxygen atoms in total. The van der Waals surface area contributed by atoms with Crippen molar-refractivity contribution in [2.45, 2.75) is 39.3 Å². The van der Waals surface area contributed by atoms with Crippen LogP contribution in [-0.4, -0.2) is 24.2 Å². The van der Waals surface area contributed by atoms with Crippen molar-refractivity contribution in [2.24, 2.45) is 0 Å². The third-order valence-electron chi connectivity index (χ3n) is 5.70. The molecule has 0 radical (unpaired) electrons. The number of piperidine rings is 1. The van der Waals surface area contributed by atoms with Crippen molar-refractivity contribution in [1.82, 2.24) is 10.5 Å². The summed E-state index contributed by atoms with van der Waals surface area (Å²) < 4.78 is 5.33. The number of benzene rings is 2. The third-order valence-corrected chi connectivity index (χ3v) is 5.70. The van der Waals surface area contributed by atoms with Crippen LogP contribution in [0.1, 0.15) is 46.5 Å². The first kappa shape index (κ1) is 19.4. The molecular formula is C24H28N3O2+. The van der Waals surface area contributed by atoms with E-state index in [0.717, 1.165) is 12.1 Å². The van der Waals surface area contributed by atoms with E-state index in [1.807, 2.05) is 36.4 Å². The number of likely N-dealkylation sites (tertiary alicyclic amines) is 1. The summed E-state index contributed by atoms with van der Waals surface area (Å²) in [4.78, 5) is 14.6. The lowest BCUT2D eigenvalue weighted by molar-refractivity contribution is -0.918. The molecule has 1 amide bonds. The van der Waals surface area contributed by atoms with Crippen molar-refractivity contribution in [2.75, 3.05) is 13.1 Å². The second-order valence-corrected chi connectivity index (χ2v) is 7.77. The summed E-state index contributed by atoms with van der Waals surface area (Å²) >= 11 is 0. The highest BCUT2D eigenvalue weighted by molar-refractivity contribution is 6.00. The fourth-order valence-electron chi connectivity index (χ4n) is 4.10. The molecule has 0 aliphatic carbocycles. The molecule has 4 rings (SSSR count). The van der Waals surface area contributed by atoms with Crippen LogP contribution in [0, 0.1) is 6.92 Å². The van der Waals surface area contributed by atoms with E-state index in [2.05, 4.69) is 28.7 Å². The summed E-state index contributed by atoms with van der Waals surface area (Å²) in [5, 5.41) is 7.20. The standard InChI is InChI=1S/C24H27N3O2/c1-18-22(23(26-29-18)19-10-4-2-5-11-19)24(28)25-16-20-12-6-7-13-21(20)17-27-14-8-3-9-15-27/h2,4-7,10-13H,3,8-9,14-17H2,1H3,(H,25,28)/p+1. The summed E-state index contributed by atoms with van der Waals surface area (Å²) in [6, 6.07) is 18.1. The van der Waals surface area contributed by atoms with Gasteiger partial charge in [0.25, 0.3) is 5.91 Å². The molecule has 0 spiro atoms. The van der Waals surface area contributed by atoms with E-state index in [1.54, 1.807) is 11.8 Å². The van der Waals surface area contributed by atoms with Crippen LogP contribution in [0.25, 0.3) is 11.3 Å². The highest BCUT2D eigenvalue weighted by atomic mass is 16.5. The zero-order valence-corrected chi connectivity index (χ0v) is 16.9. The van der Waals surface area contributed by atoms with Gasteiger partial charge in [-0.05, 0) is 31.7 Å². The van der Waals surface area contributed by atoms with Crippen molar-refractivity contribution in [3.05, 3.63) is 77.0 Å². The van der Waals surface area contributed by atoms with Crippen molar-refractivity contribution in [3.63, 3.8) is 0 Å². The van der Waals surface area contributed by atoms with Gasteiger partial charge in [-0.1, -0.05) is 59.8 Å². The summed E-state index contributed by atoms with van der Waals surface area (Å²) in [5.74, 6) is 0.384. The molecule has 1 saturated heterocycles. The second-order valence-electron chi connectivity index (χ2n) is 7.77. The fourth-order valence-corrected chi connectivity index (χ4v) is 4.10. The third kappa shape index (κ3) is 4.57. The maximum atomic E-state index is 13.0. The fraction of sp³-hybridized carbons (Fsp3) is 0.333. The van der Waals surface area contributed by atoms with E-state index in [0.29, 0.717) is 23.6 Å². The van der Waals surface area contributed by atoms with Crippen molar-refractivity contribution in [1.29, 1.82) is 0 Å². The van der Waals surface area contributed by atoms with Gasteiger partial charge in [0.1, 0.15) is 23.6 Å². The van der Waals surface area contributed by atoms with E-state index < -0.39 is 0 Å². The molecule has 1 aliphatic rings. The highest BCUT2D eigenvalue weighted by Gasteiger charge is 2.22. The molecule has 0 unspecified atom stereocenters. The van der Waals surface area contributed by atoms with Crippen LogP contribution in [-0.2, 0) is 13.1 Å². The molecule has 0 atom stereocenters. The van der Waals surface area contributed by atoms with Gasteiger partial charge >= 0.3 is 0 Å². The molecular weight excluding hydrogens is 362 g/mol. The minimum Gasteiger partial charge on any atom is -0.360 e. The number of aryl methyl sites for hydroxylation is 1. The summed E-state index contributed by atoms with van der Waals surface area (Å²) in [5.41, 5.74) is 4.47. The lowest BCUT2D eigenvalue weighted by Gasteiger charge is -2.24. The Hall–Kier alpha value is -2.92. The molecule has 150 valence electrons. The number of amides is 1. The Balaban J connectivity index is 1.48. The molecule has 0 bridgehead atoms. The van der Waals surface area contributed by atoms with Gasteiger partial charge < -0.3 is 14.7 Å². The molecule has 1 fully saturated rings. The monoisotopic (exact) mass is 390 g/mol. The molecule has 0 saturated carbocycles. The first-order chi connectivity index (χ1) is 14.2. The van der Waals surface area contributed by atoms with Crippen molar-refractivity contribution < 1.29 is 14.2 Å². The number of carbonyl (C=O) groups excluding carboxylic acids is 1. The number of nitrogens with one attached hydrogen (secondary N) is 2. The van der Waals surface area contributed by atoms with Crippen molar-refractivity contribution in [3.8, 4) is 11.3 Å². The predicted octanol–water partition coefficient (Wildman–Crippen LogP) is 3.15. The van der Waals surface area contributed by atoms with Gasteiger partial charge in [0, 0.05) is 17.7 Å². The van der Waals surface area contributed by atoms with Crippen LogP contribution in [0.2, 0.25) is 0 Å². The van der Waals surface area contributed by atoms with Crippen LogP contribution in [0.5, 0.6) is 0 Å². The molecule has 1 aliphatic heterocycles. The minimum absolute atomic E-state index is 0.150. The van der Waals surface area contributed by atoms with Gasteiger partial charge in [-0.25, -0.2) is 0 Å². The number of rotatable bonds is 6. The number of quaternary nitrogens is 1. The predicted molar refractivity (Wildman–Crippen MR) is 113 cm³/mol. The van der Waals surface area contributed by atoms with Crippen molar-refractivity contribution >= 4 is 5.91 Å². The van der Waals surface area contributed by atoms with E-state index in [9.17, 15) is 4.79 Å². The minimum atomic E-state index is -0.150. The maximum Gasteiger partial charge on any atom is 0.257 e. The molecule has 2 heterocycles. The van der Waals surface area contributed by atoms with Crippen LogP contribution < -0.4 is 10.2 Å². The van der Waals surface area contributed by atoms with Crippen LogP contribution in [0.15, 0.2) is 59.1 Å². The Morgan fingerprint density at radius 2 is 1.69 bits per heavy atom. The number of carbonyl (C=O) groups is 1. The first-order valence-electron chi connectivity index (χ1n) is 10.4. The number of aromatic nitrogens is 1. The topological polar surface area (TPSA) is 59.6 Å². The number of hydrogen-bond donors (Lipinski definition) is 2. The normalized spacial score (nSPS) is 14.7. The Kier molecular flexibility index (Phi) is 6.06. The number of hydrogen-bond acceptors (Lipinski definition) is 3. The second kappa shape index (κ2) is 9.05. The quantitative estimate of drug-likeness (QED) is 0.680. The summed E-state index contributed by atoms with van der Waals surface area (Å²) in [6.07, 6.45) is 3.97. The Bertz CT molecular complexity index is 959. The smallest absolute Gasteiger partial charge is 0.257 e. The molecule has 2 N–H and O–H groups in total. The summed E-state index contributed by atoms with van der Waals surface area (Å²) in [7, 11) is 0. The van der Waals surface area contributed by atoms with E-state index in [-0.39, 0.29) is 5.91 Å². The van der Waals surface area contributed by atoms with Gasteiger partial charge in [0.15, 0.2) is 0 Å². The van der Waals surface area contributed by atoms with Crippen LogP contribution in [0.3, 0.4) is 0 Å². The lowest BCUT2D eigenvalue weighted by Crippen LogP contribution is -3.11. The van der Waals surface area contributed by atoms with E-state index >= 15 is 0 Å². The van der Waals surface area contributed by atoms with Crippen LogP contribution >= 0.6 is 0 Å². The number of nitrogens with zero attached hydrogens (tertiary/aromatic N) is 1. The average molecular weight is 391 g/mol. The molecule has 5 heteroatoms. The van der Waals surface area contributed by atoms with Crippen LogP contribution in [0.4, 0.5) is 0 Å². The molecule has 29 heavy (non-hydrogen) atoms. The lowest BCUT2D eigenvalue weighted by atomic mass is 10.0. The molecule has 1 aromatic heterocycles. The largest absolute Gasteiger partial charge is 0.360 e. The Labute approximate surface area is 171 Å². The molecule has 2 aromatic carbocycles. The first-order valence-corrected chi connectivity index (χ1v) is 10.4. The van der Waals surface area contributed by atoms with E-state index in [1.165, 1.54) is 43.5 Å². The van der Waals surface area contributed by atoms with Gasteiger partial charge in [0.05, 0.1) is 13.1 Å². The van der Waals surface area contributed by atoms with Gasteiger partial charge in [0.2, 0.25) is 0 Å². The van der Waals surface area contributed by atoms with E-state index in [4.69, 9.17) is 4.52 Å². The Morgan fingerprint density at radius 1 is 1.00 bits per heavy atom. The summed E-state index contributed by atoms with van der Waals surface area (Å²) in [6.45, 7) is 5.78. The highest BCUT2D eigenvalue weighted by Crippen LogP contribution is 2.25. The Morgan fingerprint density at radius 3 is 2.45 bits per heavy atom.